The molecule has 0 aromatic heterocycles. The molecule has 0 unspecified atom stereocenters. The molecule has 0 aliphatic carbocycles. The number of amides is 1. The third kappa shape index (κ3) is 4.22. The molecule has 1 saturated heterocycles. The number of fused-ring (bicyclic) bond motifs is 1. The number of hydrogen-bond acceptors (Lipinski definition) is 5. The lowest BCUT2D eigenvalue weighted by Gasteiger charge is -2.21. The highest BCUT2D eigenvalue weighted by Crippen LogP contribution is 2.40. The van der Waals surface area contributed by atoms with Gasteiger partial charge < -0.3 is 9.53 Å². The van der Waals surface area contributed by atoms with Crippen molar-refractivity contribution in [3.8, 4) is 5.75 Å². The van der Waals surface area contributed by atoms with Gasteiger partial charge in [0.25, 0.3) is 5.91 Å². The minimum absolute atomic E-state index is 0.00886. The minimum Gasteiger partial charge on any atom is -0.487 e. The Morgan fingerprint density at radius 3 is 2.55 bits per heavy atom. The fourth-order valence-electron chi connectivity index (χ4n) is 3.47. The molecular weight excluding hydrogens is 423 g/mol. The van der Waals surface area contributed by atoms with E-state index in [2.05, 4.69) is 0 Å². The quantitative estimate of drug-likeness (QED) is 0.568. The molecule has 7 nitrogen and oxygen atoms in total. The van der Waals surface area contributed by atoms with E-state index in [0.29, 0.717) is 16.1 Å². The Morgan fingerprint density at radius 2 is 1.87 bits per heavy atom. The van der Waals surface area contributed by atoms with E-state index in [-0.39, 0.29) is 29.9 Å². The molecule has 0 bridgehead atoms. The van der Waals surface area contributed by atoms with Crippen LogP contribution in [0.2, 0.25) is 0 Å². The zero-order valence-corrected chi connectivity index (χ0v) is 17.2. The van der Waals surface area contributed by atoms with Gasteiger partial charge in [-0.3, -0.25) is 4.79 Å². The van der Waals surface area contributed by atoms with Gasteiger partial charge in [0.15, 0.2) is 5.82 Å². The highest BCUT2D eigenvalue weighted by Gasteiger charge is 2.38. The number of nitrogens with one attached hydrogen (secondary N) is 1. The van der Waals surface area contributed by atoms with Crippen LogP contribution in [0, 0.1) is 5.82 Å². The number of halogens is 1. The summed E-state index contributed by atoms with van der Waals surface area (Å²) in [6, 6.07) is 15.8. The zero-order valence-electron chi connectivity index (χ0n) is 16.4. The highest BCUT2D eigenvalue weighted by molar-refractivity contribution is 7.92. The first-order valence-electron chi connectivity index (χ1n) is 9.58. The molecule has 3 aromatic rings. The molecule has 1 heterocycles. The Kier molecular flexibility index (Phi) is 5.60. The van der Waals surface area contributed by atoms with Crippen molar-refractivity contribution in [1.29, 1.82) is 0 Å². The molecule has 31 heavy (non-hydrogen) atoms. The van der Waals surface area contributed by atoms with Gasteiger partial charge in [0.05, 0.1) is 0 Å². The van der Waals surface area contributed by atoms with Crippen LogP contribution in [0.15, 0.2) is 54.6 Å². The van der Waals surface area contributed by atoms with Crippen LogP contribution in [0.3, 0.4) is 0 Å². The monoisotopic (exact) mass is 442 g/mol. The molecule has 9 heteroatoms. The van der Waals surface area contributed by atoms with Crippen LogP contribution in [0.5, 0.6) is 5.75 Å². The zero-order chi connectivity index (χ0) is 22.0. The Bertz CT molecular complexity index is 1260. The summed E-state index contributed by atoms with van der Waals surface area (Å²) in [5, 5.41) is 0.690. The normalized spacial score (nSPS) is 15.1. The number of aryl methyl sites for hydroxylation is 1. The predicted molar refractivity (Wildman–Crippen MR) is 113 cm³/mol. The molecule has 0 atom stereocenters. The topological polar surface area (TPSA) is 92.8 Å². The first kappa shape index (κ1) is 20.8. The van der Waals surface area contributed by atoms with Crippen molar-refractivity contribution in [3.63, 3.8) is 0 Å². The first-order chi connectivity index (χ1) is 14.9. The van der Waals surface area contributed by atoms with Gasteiger partial charge in [0, 0.05) is 11.8 Å². The third-order valence-electron chi connectivity index (χ3n) is 4.94. The van der Waals surface area contributed by atoms with Crippen molar-refractivity contribution in [2.45, 2.75) is 19.4 Å². The maximum absolute atomic E-state index is 15.7. The lowest BCUT2D eigenvalue weighted by Crippen LogP contribution is -2.30. The van der Waals surface area contributed by atoms with E-state index in [9.17, 15) is 18.0 Å². The van der Waals surface area contributed by atoms with Crippen molar-refractivity contribution < 1.29 is 27.1 Å². The summed E-state index contributed by atoms with van der Waals surface area (Å²) >= 11 is 0. The van der Waals surface area contributed by atoms with Crippen LogP contribution in [0.4, 0.5) is 10.1 Å². The predicted octanol–water partition coefficient (Wildman–Crippen LogP) is 2.87. The van der Waals surface area contributed by atoms with E-state index >= 15 is 4.39 Å². The molecule has 0 spiro atoms. The van der Waals surface area contributed by atoms with E-state index in [1.54, 1.807) is 24.3 Å². The molecule has 1 fully saturated rings. The molecule has 0 saturated carbocycles. The lowest BCUT2D eigenvalue weighted by molar-refractivity contribution is -0.117. The summed E-state index contributed by atoms with van der Waals surface area (Å²) in [6.07, 6.45) is 1.50. The summed E-state index contributed by atoms with van der Waals surface area (Å²) in [4.78, 5) is 22.4. The minimum atomic E-state index is -4.24. The summed E-state index contributed by atoms with van der Waals surface area (Å²) in [7, 11) is -4.24. The van der Waals surface area contributed by atoms with Gasteiger partial charge in [-0.2, -0.15) is 8.42 Å². The van der Waals surface area contributed by atoms with E-state index in [1.807, 2.05) is 35.1 Å². The third-order valence-corrected chi connectivity index (χ3v) is 6.32. The van der Waals surface area contributed by atoms with E-state index < -0.39 is 28.5 Å². The van der Waals surface area contributed by atoms with Crippen molar-refractivity contribution in [3.05, 3.63) is 71.5 Å². The average molecular weight is 442 g/mol. The summed E-state index contributed by atoms with van der Waals surface area (Å²) in [5.41, 5.74) is 1.23. The maximum atomic E-state index is 15.7. The molecule has 1 amide bonds. The van der Waals surface area contributed by atoms with E-state index in [0.717, 1.165) is 17.4 Å². The SMILES string of the molecule is O=CCCc1ccc2cc(OCc3ccccc3)c(N3CC(=O)NS3(=O)=O)c(F)c2c1. The number of hydrogen-bond donors (Lipinski definition) is 1. The van der Waals surface area contributed by atoms with Crippen molar-refractivity contribution in [1.82, 2.24) is 4.72 Å². The Balaban J connectivity index is 1.83. The number of benzene rings is 3. The second-order valence-electron chi connectivity index (χ2n) is 7.11. The van der Waals surface area contributed by atoms with Crippen LogP contribution in [-0.4, -0.2) is 27.2 Å². The molecule has 3 aromatic carbocycles. The number of ether oxygens (including phenoxy) is 1. The van der Waals surface area contributed by atoms with Crippen LogP contribution in [0.25, 0.3) is 10.8 Å². The van der Waals surface area contributed by atoms with Crippen LogP contribution in [-0.2, 0) is 32.8 Å². The molecule has 1 aliphatic rings. The number of aldehydes is 1. The van der Waals surface area contributed by atoms with Gasteiger partial charge in [-0.15, -0.1) is 0 Å². The summed E-state index contributed by atoms with van der Waals surface area (Å²) in [6.45, 7) is -0.456. The van der Waals surface area contributed by atoms with Crippen LogP contribution >= 0.6 is 0 Å². The molecule has 1 N–H and O–H groups in total. The van der Waals surface area contributed by atoms with Gasteiger partial charge in [0.2, 0.25) is 0 Å². The van der Waals surface area contributed by atoms with Crippen LogP contribution in [0.1, 0.15) is 17.5 Å². The summed E-state index contributed by atoms with van der Waals surface area (Å²) < 4.78 is 48.9. The second kappa shape index (κ2) is 8.35. The van der Waals surface area contributed by atoms with Gasteiger partial charge in [-0.05, 0) is 35.1 Å². The lowest BCUT2D eigenvalue weighted by atomic mass is 10.0. The van der Waals surface area contributed by atoms with Crippen molar-refractivity contribution in [2.75, 3.05) is 10.8 Å². The van der Waals surface area contributed by atoms with Gasteiger partial charge in [-0.1, -0.05) is 42.5 Å². The number of rotatable bonds is 7. The fraction of sp³-hybridized carbons (Fsp3) is 0.182. The molecular formula is C22H19FN2O5S. The molecule has 160 valence electrons. The second-order valence-corrected chi connectivity index (χ2v) is 8.70. The van der Waals surface area contributed by atoms with Gasteiger partial charge >= 0.3 is 10.2 Å². The maximum Gasteiger partial charge on any atom is 0.326 e. The summed E-state index contributed by atoms with van der Waals surface area (Å²) in [5.74, 6) is -1.56. The molecule has 0 radical (unpaired) electrons. The van der Waals surface area contributed by atoms with Crippen molar-refractivity contribution >= 4 is 38.9 Å². The van der Waals surface area contributed by atoms with Crippen molar-refractivity contribution in [2.24, 2.45) is 0 Å². The highest BCUT2D eigenvalue weighted by atomic mass is 32.2. The largest absolute Gasteiger partial charge is 0.487 e. The van der Waals surface area contributed by atoms with Crippen LogP contribution < -0.4 is 13.8 Å². The molecule has 4 rings (SSSR count). The van der Waals surface area contributed by atoms with E-state index in [1.165, 1.54) is 0 Å². The van der Waals surface area contributed by atoms with Gasteiger partial charge in [0.1, 0.15) is 30.9 Å². The Hall–Kier alpha value is -3.46. The number of anilines is 1. The average Bonchev–Trinajstić information content (AvgIpc) is 3.03. The van der Waals surface area contributed by atoms with Gasteiger partial charge in [-0.25, -0.2) is 13.4 Å². The smallest absolute Gasteiger partial charge is 0.326 e. The fourth-order valence-corrected chi connectivity index (χ4v) is 4.63. The number of carbonyl (C=O) groups is 2. The number of carbonyl (C=O) groups excluding carboxylic acids is 2. The Morgan fingerprint density at radius 1 is 1.10 bits per heavy atom. The number of nitrogens with zero attached hydrogens (tertiary/aromatic N) is 1. The molecule has 1 aliphatic heterocycles. The Labute approximate surface area is 178 Å². The first-order valence-corrected chi connectivity index (χ1v) is 11.0. The standard InChI is InChI=1S/C22H19FN2O5S/c23-21-18-11-15(7-4-10-26)8-9-17(18)12-19(30-14-16-5-2-1-3-6-16)22(21)25-13-20(27)24-31(25,28)29/h1-3,5-6,8-12H,4,7,13-14H2,(H,24,27). The van der Waals surface area contributed by atoms with E-state index in [4.69, 9.17) is 4.74 Å².